The highest BCUT2D eigenvalue weighted by atomic mass is 16.6. The molecule has 1 aliphatic heterocycles. The van der Waals surface area contributed by atoms with Gasteiger partial charge in [0.15, 0.2) is 5.82 Å². The van der Waals surface area contributed by atoms with Crippen molar-refractivity contribution in [3.8, 4) is 11.4 Å². The second kappa shape index (κ2) is 9.82. The average molecular weight is 474 g/mol. The van der Waals surface area contributed by atoms with E-state index in [-0.39, 0.29) is 17.5 Å². The summed E-state index contributed by atoms with van der Waals surface area (Å²) < 4.78 is 0. The minimum absolute atomic E-state index is 0.0313. The third kappa shape index (κ3) is 5.01. The van der Waals surface area contributed by atoms with E-state index in [4.69, 9.17) is 9.97 Å². The summed E-state index contributed by atoms with van der Waals surface area (Å²) in [6, 6.07) is 12.9. The van der Waals surface area contributed by atoms with E-state index >= 15 is 0 Å². The molecule has 1 aliphatic rings. The fraction of sp³-hybridized carbons (Fsp3) is 0.370. The van der Waals surface area contributed by atoms with Crippen molar-refractivity contribution < 1.29 is 9.72 Å². The highest BCUT2D eigenvalue weighted by Crippen LogP contribution is 2.32. The smallest absolute Gasteiger partial charge is 0.273 e. The van der Waals surface area contributed by atoms with Gasteiger partial charge in [-0.25, -0.2) is 9.97 Å². The minimum Gasteiger partial charge on any atom is -0.353 e. The lowest BCUT2D eigenvalue weighted by Crippen LogP contribution is -2.49. The van der Waals surface area contributed by atoms with Gasteiger partial charge >= 0.3 is 0 Å². The summed E-state index contributed by atoms with van der Waals surface area (Å²) in [6.45, 7) is 12.3. The van der Waals surface area contributed by atoms with Gasteiger partial charge in [-0.05, 0) is 38.8 Å². The van der Waals surface area contributed by atoms with Crippen LogP contribution in [0.15, 0.2) is 42.5 Å². The highest BCUT2D eigenvalue weighted by molar-refractivity contribution is 5.95. The number of aryl methyl sites for hydroxylation is 3. The normalized spacial score (nSPS) is 13.9. The van der Waals surface area contributed by atoms with Crippen LogP contribution >= 0.6 is 0 Å². The first-order valence-electron chi connectivity index (χ1n) is 11.9. The van der Waals surface area contributed by atoms with Crippen molar-refractivity contribution in [3.05, 3.63) is 80.5 Å². The molecule has 1 aromatic heterocycles. The zero-order chi connectivity index (χ0) is 25.3. The summed E-state index contributed by atoms with van der Waals surface area (Å²) in [5.74, 6) is 1.69. The Kier molecular flexibility index (Phi) is 6.82. The van der Waals surface area contributed by atoms with E-state index < -0.39 is 4.92 Å². The highest BCUT2D eigenvalue weighted by Gasteiger charge is 2.27. The lowest BCUT2D eigenvalue weighted by molar-refractivity contribution is -0.385. The molecule has 0 spiro atoms. The molecule has 0 bridgehead atoms. The van der Waals surface area contributed by atoms with Crippen molar-refractivity contribution in [2.24, 2.45) is 0 Å². The molecule has 2 heterocycles. The van der Waals surface area contributed by atoms with E-state index in [1.807, 2.05) is 19.1 Å². The summed E-state index contributed by atoms with van der Waals surface area (Å²) >= 11 is 0. The number of aromatic nitrogens is 2. The number of nitro benzene ring substituents is 1. The monoisotopic (exact) mass is 473 g/mol. The van der Waals surface area contributed by atoms with Crippen LogP contribution in [-0.4, -0.2) is 51.9 Å². The molecule has 35 heavy (non-hydrogen) atoms. The van der Waals surface area contributed by atoms with Crippen molar-refractivity contribution >= 4 is 17.4 Å². The zero-order valence-corrected chi connectivity index (χ0v) is 20.9. The van der Waals surface area contributed by atoms with Crippen molar-refractivity contribution in [3.63, 3.8) is 0 Å². The number of carbonyl (C=O) groups is 1. The van der Waals surface area contributed by atoms with E-state index in [0.717, 1.165) is 28.2 Å². The van der Waals surface area contributed by atoms with Gasteiger partial charge in [0.1, 0.15) is 5.82 Å². The number of hydrogen-bond acceptors (Lipinski definition) is 6. The lowest BCUT2D eigenvalue weighted by Gasteiger charge is -2.37. The maximum absolute atomic E-state index is 13.1. The first-order valence-corrected chi connectivity index (χ1v) is 11.9. The predicted octanol–water partition coefficient (Wildman–Crippen LogP) is 5.06. The van der Waals surface area contributed by atoms with Crippen LogP contribution in [0, 0.1) is 30.9 Å². The zero-order valence-electron chi connectivity index (χ0n) is 20.9. The number of rotatable bonds is 5. The molecule has 1 saturated heterocycles. The summed E-state index contributed by atoms with van der Waals surface area (Å²) in [4.78, 5) is 37.7. The first kappa shape index (κ1) is 24.3. The molecule has 1 fully saturated rings. The molecule has 0 atom stereocenters. The molecule has 0 radical (unpaired) electrons. The molecule has 2 aromatic carbocycles. The van der Waals surface area contributed by atoms with E-state index in [9.17, 15) is 14.9 Å². The maximum Gasteiger partial charge on any atom is 0.273 e. The molecule has 0 saturated carbocycles. The number of nitrogens with zero attached hydrogens (tertiary/aromatic N) is 5. The predicted molar refractivity (Wildman–Crippen MR) is 137 cm³/mol. The second-order valence-electron chi connectivity index (χ2n) is 9.43. The lowest BCUT2D eigenvalue weighted by atomic mass is 10.0. The largest absolute Gasteiger partial charge is 0.353 e. The molecule has 4 rings (SSSR count). The molecule has 0 unspecified atom stereocenters. The van der Waals surface area contributed by atoms with E-state index in [2.05, 4.69) is 37.8 Å². The Labute approximate surface area is 205 Å². The standard InChI is InChI=1S/C27H31N5O3/c1-17(2)24-20(5)28-25(21-8-6-7-18(3)15-21)29-26(24)30-11-13-31(14-12-30)27(33)22-10-9-19(4)23(16-22)32(34)35/h6-10,15-17H,11-14H2,1-5H3. The Morgan fingerprint density at radius 1 is 1.00 bits per heavy atom. The summed E-state index contributed by atoms with van der Waals surface area (Å²) in [5, 5.41) is 11.3. The van der Waals surface area contributed by atoms with Gasteiger partial charge in [-0.1, -0.05) is 43.7 Å². The minimum atomic E-state index is -0.444. The topological polar surface area (TPSA) is 92.5 Å². The Morgan fingerprint density at radius 3 is 2.34 bits per heavy atom. The molecule has 1 amide bonds. The number of benzene rings is 2. The van der Waals surface area contributed by atoms with Gasteiger partial charge in [-0.3, -0.25) is 14.9 Å². The van der Waals surface area contributed by atoms with Crippen LogP contribution in [0.2, 0.25) is 0 Å². The van der Waals surface area contributed by atoms with Crippen LogP contribution in [0.5, 0.6) is 0 Å². The van der Waals surface area contributed by atoms with Crippen LogP contribution < -0.4 is 4.90 Å². The summed E-state index contributed by atoms with van der Waals surface area (Å²) in [7, 11) is 0. The third-order valence-corrected chi connectivity index (χ3v) is 6.49. The number of piperazine rings is 1. The number of amides is 1. The molecule has 8 nitrogen and oxygen atoms in total. The molecule has 0 N–H and O–H groups in total. The quantitative estimate of drug-likeness (QED) is 0.380. The second-order valence-corrected chi connectivity index (χ2v) is 9.43. The molecule has 182 valence electrons. The van der Waals surface area contributed by atoms with Crippen LogP contribution in [-0.2, 0) is 0 Å². The summed E-state index contributed by atoms with van der Waals surface area (Å²) in [5.41, 5.74) is 5.08. The van der Waals surface area contributed by atoms with Gasteiger partial charge in [0.05, 0.1) is 4.92 Å². The number of hydrogen-bond donors (Lipinski definition) is 0. The van der Waals surface area contributed by atoms with Crippen LogP contribution in [0.1, 0.15) is 52.5 Å². The molecule has 8 heteroatoms. The van der Waals surface area contributed by atoms with Crippen molar-refractivity contribution in [2.75, 3.05) is 31.1 Å². The van der Waals surface area contributed by atoms with Gasteiger partial charge < -0.3 is 9.80 Å². The van der Waals surface area contributed by atoms with Gasteiger partial charge in [0.25, 0.3) is 11.6 Å². The Morgan fingerprint density at radius 2 is 1.71 bits per heavy atom. The van der Waals surface area contributed by atoms with Gasteiger partial charge in [0.2, 0.25) is 0 Å². The molecule has 0 aliphatic carbocycles. The molecule has 3 aromatic rings. The van der Waals surface area contributed by atoms with E-state index in [1.165, 1.54) is 6.07 Å². The number of carbonyl (C=O) groups excluding carboxylic acids is 1. The first-order chi connectivity index (χ1) is 16.7. The Hall–Kier alpha value is -3.81. The van der Waals surface area contributed by atoms with Crippen LogP contribution in [0.4, 0.5) is 11.5 Å². The SMILES string of the molecule is Cc1cccc(-c2nc(C)c(C(C)C)c(N3CCN(C(=O)c4ccc(C)c([N+](=O)[O-])c4)CC3)n2)c1. The fourth-order valence-corrected chi connectivity index (χ4v) is 4.64. The maximum atomic E-state index is 13.1. The average Bonchev–Trinajstić information content (AvgIpc) is 2.83. The van der Waals surface area contributed by atoms with Crippen molar-refractivity contribution in [1.29, 1.82) is 0 Å². The number of nitro groups is 1. The number of anilines is 1. The van der Waals surface area contributed by atoms with Crippen LogP contribution in [0.3, 0.4) is 0 Å². The Bertz CT molecular complexity index is 1280. The van der Waals surface area contributed by atoms with Crippen LogP contribution in [0.25, 0.3) is 11.4 Å². The van der Waals surface area contributed by atoms with E-state index in [0.29, 0.717) is 43.1 Å². The third-order valence-electron chi connectivity index (χ3n) is 6.49. The fourth-order valence-electron chi connectivity index (χ4n) is 4.64. The van der Waals surface area contributed by atoms with Crippen molar-refractivity contribution in [2.45, 2.75) is 40.5 Å². The Balaban J connectivity index is 1.58. The van der Waals surface area contributed by atoms with Crippen molar-refractivity contribution in [1.82, 2.24) is 14.9 Å². The molecular weight excluding hydrogens is 442 g/mol. The summed E-state index contributed by atoms with van der Waals surface area (Å²) in [6.07, 6.45) is 0. The van der Waals surface area contributed by atoms with Gasteiger partial charge in [-0.2, -0.15) is 0 Å². The van der Waals surface area contributed by atoms with Gasteiger partial charge in [-0.15, -0.1) is 0 Å². The van der Waals surface area contributed by atoms with Gasteiger partial charge in [0, 0.05) is 60.2 Å². The van der Waals surface area contributed by atoms with E-state index in [1.54, 1.807) is 24.0 Å². The molecular formula is C27H31N5O3.